The van der Waals surface area contributed by atoms with Gasteiger partial charge in [-0.3, -0.25) is 14.5 Å². The number of aliphatic hydroxyl groups excluding tert-OH is 1. The van der Waals surface area contributed by atoms with Gasteiger partial charge in [-0.1, -0.05) is 48.5 Å². The Balaban J connectivity index is 1.72. The number of carbonyl (C=O) groups excluding carboxylic acids is 2. The molecule has 1 atom stereocenters. The van der Waals surface area contributed by atoms with Gasteiger partial charge in [0.2, 0.25) is 5.78 Å². The first-order valence-corrected chi connectivity index (χ1v) is 10.9. The summed E-state index contributed by atoms with van der Waals surface area (Å²) in [5, 5.41) is 11.8. The average Bonchev–Trinajstić information content (AvgIpc) is 3.39. The van der Waals surface area contributed by atoms with Gasteiger partial charge in [0, 0.05) is 16.6 Å². The molecule has 0 spiro atoms. The third-order valence-corrected chi connectivity index (χ3v) is 6.16. The van der Waals surface area contributed by atoms with Crippen molar-refractivity contribution in [2.45, 2.75) is 19.9 Å². The van der Waals surface area contributed by atoms with Crippen LogP contribution in [0.3, 0.4) is 0 Å². The molecule has 0 saturated carbocycles. The molecular formula is C28H23NO5. The van der Waals surface area contributed by atoms with Gasteiger partial charge < -0.3 is 14.3 Å². The number of ketones is 1. The summed E-state index contributed by atoms with van der Waals surface area (Å²) in [5.41, 5.74) is 3.49. The molecule has 3 aromatic carbocycles. The number of Topliss-reactive ketones (excluding diaryl/α,β-unsaturated/α-hetero) is 1. The van der Waals surface area contributed by atoms with Gasteiger partial charge in [0.25, 0.3) is 5.91 Å². The highest BCUT2D eigenvalue weighted by molar-refractivity contribution is 6.21. The predicted molar refractivity (Wildman–Crippen MR) is 129 cm³/mol. The minimum absolute atomic E-state index is 0.0468. The third-order valence-electron chi connectivity index (χ3n) is 6.16. The second-order valence-electron chi connectivity index (χ2n) is 8.35. The van der Waals surface area contributed by atoms with Crippen molar-refractivity contribution in [2.24, 2.45) is 0 Å². The molecule has 1 aromatic heterocycles. The van der Waals surface area contributed by atoms with Crippen LogP contribution in [-0.2, 0) is 4.79 Å². The number of benzene rings is 3. The van der Waals surface area contributed by atoms with E-state index in [1.54, 1.807) is 24.3 Å². The molecule has 1 unspecified atom stereocenters. The van der Waals surface area contributed by atoms with Crippen LogP contribution < -0.4 is 9.64 Å². The molecule has 1 aliphatic heterocycles. The fourth-order valence-electron chi connectivity index (χ4n) is 4.48. The van der Waals surface area contributed by atoms with Crippen LogP contribution in [0.15, 0.2) is 88.5 Å². The second kappa shape index (κ2) is 8.23. The molecule has 1 aliphatic rings. The van der Waals surface area contributed by atoms with E-state index in [4.69, 9.17) is 9.15 Å². The lowest BCUT2D eigenvalue weighted by Crippen LogP contribution is -2.32. The van der Waals surface area contributed by atoms with E-state index in [0.717, 1.165) is 16.5 Å². The van der Waals surface area contributed by atoms with Gasteiger partial charge in [-0.15, -0.1) is 0 Å². The van der Waals surface area contributed by atoms with Crippen molar-refractivity contribution >= 4 is 28.3 Å². The van der Waals surface area contributed by atoms with Crippen LogP contribution >= 0.6 is 0 Å². The first-order valence-electron chi connectivity index (χ1n) is 10.9. The summed E-state index contributed by atoms with van der Waals surface area (Å²) >= 11 is 0. The number of hydrogen-bond donors (Lipinski definition) is 1. The monoisotopic (exact) mass is 453 g/mol. The molecule has 0 radical (unpaired) electrons. The Morgan fingerprint density at radius 2 is 1.74 bits per heavy atom. The van der Waals surface area contributed by atoms with Gasteiger partial charge in [-0.25, -0.2) is 0 Å². The van der Waals surface area contributed by atoms with E-state index in [2.05, 4.69) is 0 Å². The summed E-state index contributed by atoms with van der Waals surface area (Å²) in [6.07, 6.45) is 0. The molecular weight excluding hydrogens is 430 g/mol. The number of aryl methyl sites for hydroxylation is 2. The maximum atomic E-state index is 13.8. The molecule has 6 nitrogen and oxygen atoms in total. The number of carbonyl (C=O) groups is 2. The number of furan rings is 1. The SMILES string of the molecule is COc1ccccc1C1C(C(=O)c2cc3ccccc3o2)=C(O)C(=O)N1c1cc(C)ccc1C. The Hall–Kier alpha value is -4.32. The topological polar surface area (TPSA) is 80.0 Å². The van der Waals surface area contributed by atoms with Gasteiger partial charge in [0.1, 0.15) is 11.3 Å². The van der Waals surface area contributed by atoms with Crippen molar-refractivity contribution in [1.82, 2.24) is 0 Å². The van der Waals surface area contributed by atoms with Gasteiger partial charge in [-0.2, -0.15) is 0 Å². The molecule has 2 heterocycles. The maximum absolute atomic E-state index is 13.8. The number of aliphatic hydroxyl groups is 1. The highest BCUT2D eigenvalue weighted by Crippen LogP contribution is 2.45. The number of rotatable bonds is 5. The zero-order chi connectivity index (χ0) is 24.0. The van der Waals surface area contributed by atoms with E-state index >= 15 is 0 Å². The van der Waals surface area contributed by atoms with E-state index in [1.165, 1.54) is 12.0 Å². The number of para-hydroxylation sites is 2. The van der Waals surface area contributed by atoms with Crippen LogP contribution in [0.1, 0.15) is 33.3 Å². The molecule has 0 fully saturated rings. The first kappa shape index (κ1) is 21.5. The molecule has 0 aliphatic carbocycles. The number of methoxy groups -OCH3 is 1. The average molecular weight is 453 g/mol. The molecule has 170 valence electrons. The standard InChI is InChI=1S/C28H23NO5/c1-16-12-13-17(2)20(14-16)29-25(19-9-5-7-11-22(19)33-3)24(27(31)28(29)32)26(30)23-15-18-8-4-6-10-21(18)34-23/h4-15,25,31H,1-3H3. The predicted octanol–water partition coefficient (Wildman–Crippen LogP) is 5.84. The van der Waals surface area contributed by atoms with Gasteiger partial charge in [0.05, 0.1) is 18.7 Å². The third kappa shape index (κ3) is 3.35. The van der Waals surface area contributed by atoms with E-state index in [0.29, 0.717) is 22.6 Å². The molecule has 6 heteroatoms. The Morgan fingerprint density at radius 1 is 1.00 bits per heavy atom. The van der Waals surface area contributed by atoms with E-state index < -0.39 is 23.5 Å². The lowest BCUT2D eigenvalue weighted by molar-refractivity contribution is -0.117. The lowest BCUT2D eigenvalue weighted by atomic mass is 9.93. The zero-order valence-electron chi connectivity index (χ0n) is 19.0. The highest BCUT2D eigenvalue weighted by atomic mass is 16.5. The first-order chi connectivity index (χ1) is 16.4. The molecule has 1 N–H and O–H groups in total. The van der Waals surface area contributed by atoms with Gasteiger partial charge in [0.15, 0.2) is 11.5 Å². The zero-order valence-corrected chi connectivity index (χ0v) is 19.0. The lowest BCUT2D eigenvalue weighted by Gasteiger charge is -2.29. The Bertz CT molecular complexity index is 1450. The molecule has 4 aromatic rings. The van der Waals surface area contributed by atoms with Gasteiger partial charge in [-0.05, 0) is 49.2 Å². The van der Waals surface area contributed by atoms with Crippen LogP contribution in [0.4, 0.5) is 5.69 Å². The summed E-state index contributed by atoms with van der Waals surface area (Å²) < 4.78 is 11.4. The quantitative estimate of drug-likeness (QED) is 0.384. The number of nitrogens with zero attached hydrogens (tertiary/aromatic N) is 1. The summed E-state index contributed by atoms with van der Waals surface area (Å²) in [6, 6.07) is 20.9. The van der Waals surface area contributed by atoms with Crippen molar-refractivity contribution in [3.63, 3.8) is 0 Å². The van der Waals surface area contributed by atoms with Crippen LogP contribution in [0.2, 0.25) is 0 Å². The molecule has 5 rings (SSSR count). The molecule has 0 bridgehead atoms. The van der Waals surface area contributed by atoms with Crippen molar-refractivity contribution in [1.29, 1.82) is 0 Å². The number of fused-ring (bicyclic) bond motifs is 1. The Kier molecular flexibility index (Phi) is 5.21. The summed E-state index contributed by atoms with van der Waals surface area (Å²) in [4.78, 5) is 28.7. The van der Waals surface area contributed by atoms with Crippen molar-refractivity contribution in [3.8, 4) is 5.75 Å². The number of ether oxygens (including phenoxy) is 1. The van der Waals surface area contributed by atoms with Crippen LogP contribution in [-0.4, -0.2) is 23.9 Å². The number of hydrogen-bond acceptors (Lipinski definition) is 5. The van der Waals surface area contributed by atoms with Gasteiger partial charge >= 0.3 is 0 Å². The van der Waals surface area contributed by atoms with E-state index in [-0.39, 0.29) is 11.3 Å². The molecule has 1 amide bonds. The molecule has 0 saturated heterocycles. The maximum Gasteiger partial charge on any atom is 0.294 e. The second-order valence-corrected chi connectivity index (χ2v) is 8.35. The largest absolute Gasteiger partial charge is 0.503 e. The fourth-order valence-corrected chi connectivity index (χ4v) is 4.48. The summed E-state index contributed by atoms with van der Waals surface area (Å²) in [7, 11) is 1.53. The smallest absolute Gasteiger partial charge is 0.294 e. The fraction of sp³-hybridized carbons (Fsp3) is 0.143. The van der Waals surface area contributed by atoms with Crippen molar-refractivity contribution in [2.75, 3.05) is 12.0 Å². The number of anilines is 1. The summed E-state index contributed by atoms with van der Waals surface area (Å²) in [5.74, 6) is -1.24. The minimum atomic E-state index is -0.898. The van der Waals surface area contributed by atoms with E-state index in [9.17, 15) is 14.7 Å². The Labute approximate surface area is 196 Å². The van der Waals surface area contributed by atoms with Crippen molar-refractivity contribution < 1.29 is 23.8 Å². The van der Waals surface area contributed by atoms with Crippen LogP contribution in [0.5, 0.6) is 5.75 Å². The van der Waals surface area contributed by atoms with Crippen molar-refractivity contribution in [3.05, 3.63) is 107 Å². The highest BCUT2D eigenvalue weighted by Gasteiger charge is 2.46. The van der Waals surface area contributed by atoms with E-state index in [1.807, 2.05) is 62.4 Å². The summed E-state index contributed by atoms with van der Waals surface area (Å²) in [6.45, 7) is 3.81. The van der Waals surface area contributed by atoms with Crippen LogP contribution in [0, 0.1) is 13.8 Å². The Morgan fingerprint density at radius 3 is 2.50 bits per heavy atom. The molecule has 34 heavy (non-hydrogen) atoms. The van der Waals surface area contributed by atoms with Crippen LogP contribution in [0.25, 0.3) is 11.0 Å². The number of amides is 1. The normalized spacial score (nSPS) is 15.9. The minimum Gasteiger partial charge on any atom is -0.503 e.